The molecule has 0 bridgehead atoms. The van der Waals surface area contributed by atoms with Crippen molar-refractivity contribution in [1.82, 2.24) is 16.0 Å². The lowest BCUT2D eigenvalue weighted by Gasteiger charge is -2.33. The molecule has 0 rings (SSSR count). The minimum absolute atomic E-state index is 0.0848. The predicted octanol–water partition coefficient (Wildman–Crippen LogP) is -0.135. The van der Waals surface area contributed by atoms with Crippen LogP contribution in [-0.2, 0) is 4.74 Å². The fourth-order valence-corrected chi connectivity index (χ4v) is 1.55. The maximum Gasteiger partial charge on any atom is 0.151 e. The van der Waals surface area contributed by atoms with Gasteiger partial charge in [0.05, 0.1) is 12.3 Å². The van der Waals surface area contributed by atoms with Crippen LogP contribution in [0.5, 0.6) is 0 Å². The maximum absolute atomic E-state index is 9.00. The molecule has 0 aliphatic heterocycles. The number of aliphatic hydroxyl groups excluding tert-OH is 1. The van der Waals surface area contributed by atoms with Crippen LogP contribution in [0, 0.1) is 0 Å². The third-order valence-electron chi connectivity index (χ3n) is 2.99. The SMILES string of the molecule is CNC(CCOC(C)O)CC(C)(NC)NC. The molecule has 0 aromatic carbocycles. The van der Waals surface area contributed by atoms with Crippen LogP contribution in [0.25, 0.3) is 0 Å². The highest BCUT2D eigenvalue weighted by Gasteiger charge is 2.23. The Balaban J connectivity index is 3.99. The Morgan fingerprint density at radius 3 is 2.19 bits per heavy atom. The average Bonchev–Trinajstić information content (AvgIpc) is 2.27. The second kappa shape index (κ2) is 7.97. The van der Waals surface area contributed by atoms with Crippen molar-refractivity contribution in [3.8, 4) is 0 Å². The fourth-order valence-electron chi connectivity index (χ4n) is 1.55. The molecule has 0 aromatic heterocycles. The van der Waals surface area contributed by atoms with Crippen molar-refractivity contribution in [2.24, 2.45) is 0 Å². The summed E-state index contributed by atoms with van der Waals surface area (Å²) in [6.07, 6.45) is 1.14. The lowest BCUT2D eigenvalue weighted by Crippen LogP contribution is -2.54. The average molecular weight is 233 g/mol. The summed E-state index contributed by atoms with van der Waals surface area (Å²) >= 11 is 0. The third kappa shape index (κ3) is 6.40. The van der Waals surface area contributed by atoms with E-state index in [1.54, 1.807) is 6.92 Å². The van der Waals surface area contributed by atoms with Crippen LogP contribution in [0.3, 0.4) is 0 Å². The van der Waals surface area contributed by atoms with E-state index < -0.39 is 6.29 Å². The molecule has 0 amide bonds. The molecule has 2 unspecified atom stereocenters. The number of ether oxygens (including phenoxy) is 1. The first-order valence-electron chi connectivity index (χ1n) is 5.82. The van der Waals surface area contributed by atoms with Gasteiger partial charge in [0, 0.05) is 6.04 Å². The first-order chi connectivity index (χ1) is 7.47. The van der Waals surface area contributed by atoms with Crippen molar-refractivity contribution in [3.05, 3.63) is 0 Å². The molecule has 5 nitrogen and oxygen atoms in total. The van der Waals surface area contributed by atoms with Gasteiger partial charge >= 0.3 is 0 Å². The smallest absolute Gasteiger partial charge is 0.151 e. The van der Waals surface area contributed by atoms with Gasteiger partial charge in [0.2, 0.25) is 0 Å². The Morgan fingerprint density at radius 2 is 1.81 bits per heavy atom. The van der Waals surface area contributed by atoms with Crippen LogP contribution in [0.15, 0.2) is 0 Å². The van der Waals surface area contributed by atoms with Crippen molar-refractivity contribution in [1.29, 1.82) is 0 Å². The zero-order valence-corrected chi connectivity index (χ0v) is 11.1. The van der Waals surface area contributed by atoms with Gasteiger partial charge in [-0.2, -0.15) is 0 Å². The Morgan fingerprint density at radius 1 is 1.25 bits per heavy atom. The van der Waals surface area contributed by atoms with E-state index >= 15 is 0 Å². The second-order valence-corrected chi connectivity index (χ2v) is 4.28. The number of hydrogen-bond acceptors (Lipinski definition) is 5. The summed E-state index contributed by atoms with van der Waals surface area (Å²) < 4.78 is 5.13. The molecule has 0 fully saturated rings. The molecular formula is C11H27N3O2. The maximum atomic E-state index is 9.00. The Labute approximate surface area is 98.9 Å². The highest BCUT2D eigenvalue weighted by Crippen LogP contribution is 2.10. The molecule has 0 heterocycles. The van der Waals surface area contributed by atoms with Gasteiger partial charge in [-0.05, 0) is 47.8 Å². The number of aliphatic hydroxyl groups is 1. The normalized spacial score (nSPS) is 16.1. The van der Waals surface area contributed by atoms with Crippen LogP contribution in [0.4, 0.5) is 0 Å². The quantitative estimate of drug-likeness (QED) is 0.418. The molecule has 2 atom stereocenters. The molecule has 0 saturated carbocycles. The molecule has 0 aromatic rings. The van der Waals surface area contributed by atoms with Crippen molar-refractivity contribution in [2.75, 3.05) is 27.7 Å². The minimum atomic E-state index is -0.683. The van der Waals surface area contributed by atoms with E-state index in [-0.39, 0.29) is 5.66 Å². The summed E-state index contributed by atoms with van der Waals surface area (Å²) in [7, 11) is 5.82. The standard InChI is InChI=1S/C11H27N3O2/c1-9(15)16-7-6-10(12-3)8-11(2,13-4)14-5/h9-10,12-15H,6-8H2,1-5H3. The first kappa shape index (κ1) is 15.8. The van der Waals surface area contributed by atoms with Crippen LogP contribution < -0.4 is 16.0 Å². The molecule has 0 aliphatic rings. The highest BCUT2D eigenvalue weighted by atomic mass is 16.6. The van der Waals surface area contributed by atoms with E-state index in [1.807, 2.05) is 21.1 Å². The number of rotatable bonds is 9. The highest BCUT2D eigenvalue weighted by molar-refractivity contribution is 4.83. The van der Waals surface area contributed by atoms with E-state index in [9.17, 15) is 0 Å². The van der Waals surface area contributed by atoms with Gasteiger partial charge in [-0.1, -0.05) is 0 Å². The summed E-state index contributed by atoms with van der Waals surface area (Å²) in [5, 5.41) is 18.8. The zero-order chi connectivity index (χ0) is 12.6. The molecule has 0 radical (unpaired) electrons. The molecular weight excluding hydrogens is 206 g/mol. The number of nitrogens with one attached hydrogen (secondary N) is 3. The molecule has 0 saturated heterocycles. The largest absolute Gasteiger partial charge is 0.368 e. The second-order valence-electron chi connectivity index (χ2n) is 4.28. The summed E-state index contributed by atoms with van der Waals surface area (Å²) in [5.41, 5.74) is -0.0848. The summed E-state index contributed by atoms with van der Waals surface area (Å²) in [6.45, 7) is 4.30. The monoisotopic (exact) mass is 233 g/mol. The lowest BCUT2D eigenvalue weighted by molar-refractivity contribution is -0.0874. The lowest BCUT2D eigenvalue weighted by atomic mass is 10.00. The van der Waals surface area contributed by atoms with E-state index in [0.717, 1.165) is 12.8 Å². The van der Waals surface area contributed by atoms with Gasteiger partial charge in [-0.15, -0.1) is 0 Å². The molecule has 5 heteroatoms. The van der Waals surface area contributed by atoms with Crippen LogP contribution >= 0.6 is 0 Å². The topological polar surface area (TPSA) is 65.5 Å². The van der Waals surface area contributed by atoms with Crippen molar-refractivity contribution in [2.45, 2.75) is 44.7 Å². The number of hydrogen-bond donors (Lipinski definition) is 4. The van der Waals surface area contributed by atoms with Crippen LogP contribution in [0.2, 0.25) is 0 Å². The van der Waals surface area contributed by atoms with Gasteiger partial charge in [0.15, 0.2) is 6.29 Å². The summed E-state index contributed by atoms with van der Waals surface area (Å²) in [5.74, 6) is 0. The Bertz CT molecular complexity index is 173. The summed E-state index contributed by atoms with van der Waals surface area (Å²) in [4.78, 5) is 0. The van der Waals surface area contributed by atoms with Crippen molar-refractivity contribution < 1.29 is 9.84 Å². The van der Waals surface area contributed by atoms with Gasteiger partial charge < -0.3 is 25.8 Å². The third-order valence-corrected chi connectivity index (χ3v) is 2.99. The molecule has 0 spiro atoms. The van der Waals surface area contributed by atoms with Crippen LogP contribution in [-0.4, -0.2) is 50.9 Å². The van der Waals surface area contributed by atoms with Gasteiger partial charge in [-0.25, -0.2) is 0 Å². The van der Waals surface area contributed by atoms with Gasteiger partial charge in [0.25, 0.3) is 0 Å². The summed E-state index contributed by atoms with van der Waals surface area (Å²) in [6, 6.07) is 0.351. The Hall–Kier alpha value is -0.200. The van der Waals surface area contributed by atoms with E-state index in [4.69, 9.17) is 9.84 Å². The van der Waals surface area contributed by atoms with E-state index in [0.29, 0.717) is 12.6 Å². The molecule has 0 aliphatic carbocycles. The van der Waals surface area contributed by atoms with Crippen LogP contribution in [0.1, 0.15) is 26.7 Å². The molecule has 16 heavy (non-hydrogen) atoms. The fraction of sp³-hybridized carbons (Fsp3) is 1.00. The van der Waals surface area contributed by atoms with E-state index in [1.165, 1.54) is 0 Å². The minimum Gasteiger partial charge on any atom is -0.368 e. The molecule has 4 N–H and O–H groups in total. The van der Waals surface area contributed by atoms with E-state index in [2.05, 4.69) is 22.9 Å². The van der Waals surface area contributed by atoms with Crippen molar-refractivity contribution in [3.63, 3.8) is 0 Å². The predicted molar refractivity (Wildman–Crippen MR) is 66.2 cm³/mol. The van der Waals surface area contributed by atoms with Gasteiger partial charge in [-0.3, -0.25) is 0 Å². The van der Waals surface area contributed by atoms with Gasteiger partial charge in [0.1, 0.15) is 0 Å². The van der Waals surface area contributed by atoms with Crippen molar-refractivity contribution >= 4 is 0 Å². The first-order valence-corrected chi connectivity index (χ1v) is 5.82. The Kier molecular flexibility index (Phi) is 7.87. The molecule has 98 valence electrons. The zero-order valence-electron chi connectivity index (χ0n) is 11.1.